The first-order valence-electron chi connectivity index (χ1n) is 7.09. The van der Waals surface area contributed by atoms with Gasteiger partial charge in [0.15, 0.2) is 0 Å². The minimum Gasteiger partial charge on any atom is -0.490 e. The second-order valence-corrected chi connectivity index (χ2v) is 5.62. The van der Waals surface area contributed by atoms with Crippen LogP contribution >= 0.6 is 0 Å². The van der Waals surface area contributed by atoms with E-state index >= 15 is 0 Å². The van der Waals surface area contributed by atoms with Crippen LogP contribution in [-0.2, 0) is 16.0 Å². The van der Waals surface area contributed by atoms with Gasteiger partial charge in [-0.2, -0.15) is 0 Å². The van der Waals surface area contributed by atoms with Gasteiger partial charge in [0.2, 0.25) is 5.91 Å². The first kappa shape index (κ1) is 14.4. The van der Waals surface area contributed by atoms with Crippen LogP contribution < -0.4 is 10.1 Å². The summed E-state index contributed by atoms with van der Waals surface area (Å²) < 4.78 is 5.60. The number of amides is 4. The molecule has 0 aliphatic carbocycles. The number of carbonyl (C=O) groups excluding carboxylic acids is 3. The highest BCUT2D eigenvalue weighted by atomic mass is 16.5. The summed E-state index contributed by atoms with van der Waals surface area (Å²) in [6.07, 6.45) is 0.934. The molecule has 0 spiro atoms. The van der Waals surface area contributed by atoms with Gasteiger partial charge in [0.25, 0.3) is 5.91 Å². The highest BCUT2D eigenvalue weighted by molar-refractivity contribution is 6.06. The van der Waals surface area contributed by atoms with E-state index in [9.17, 15) is 14.4 Å². The number of imide groups is 1. The zero-order chi connectivity index (χ0) is 15.9. The first-order valence-corrected chi connectivity index (χ1v) is 7.09. The Bertz CT molecular complexity index is 658. The molecule has 1 aromatic rings. The number of ether oxygens (including phenoxy) is 1. The van der Waals surface area contributed by atoms with Crippen molar-refractivity contribution in [1.29, 1.82) is 0 Å². The molecule has 2 aliphatic heterocycles. The number of hydrogen-bond acceptors (Lipinski definition) is 4. The third-order valence-electron chi connectivity index (χ3n) is 3.71. The molecule has 7 nitrogen and oxygen atoms in total. The Hall–Kier alpha value is -2.57. The quantitative estimate of drug-likeness (QED) is 0.839. The summed E-state index contributed by atoms with van der Waals surface area (Å²) in [5.74, 6) is 0.0692. The Morgan fingerprint density at radius 3 is 2.86 bits per heavy atom. The van der Waals surface area contributed by atoms with Gasteiger partial charge in [-0.1, -0.05) is 0 Å². The molecule has 0 saturated carbocycles. The smallest absolute Gasteiger partial charge is 0.327 e. The number of carbonyl (C=O) groups is 3. The van der Waals surface area contributed by atoms with E-state index in [1.807, 2.05) is 19.1 Å². The average molecular weight is 303 g/mol. The molecule has 22 heavy (non-hydrogen) atoms. The molecule has 116 valence electrons. The van der Waals surface area contributed by atoms with Gasteiger partial charge in [-0.3, -0.25) is 14.5 Å². The van der Waals surface area contributed by atoms with Crippen molar-refractivity contribution in [2.45, 2.75) is 19.4 Å². The van der Waals surface area contributed by atoms with Crippen LogP contribution in [0.25, 0.3) is 0 Å². The summed E-state index contributed by atoms with van der Waals surface area (Å²) in [5, 5.41) is 2.71. The first-order chi connectivity index (χ1) is 10.4. The van der Waals surface area contributed by atoms with Crippen molar-refractivity contribution in [2.75, 3.05) is 25.5 Å². The van der Waals surface area contributed by atoms with Crippen molar-refractivity contribution in [3.05, 3.63) is 23.8 Å². The molecule has 4 amide bonds. The molecule has 7 heteroatoms. The second kappa shape index (κ2) is 5.32. The van der Waals surface area contributed by atoms with Gasteiger partial charge >= 0.3 is 6.03 Å². The Morgan fingerprint density at radius 1 is 1.41 bits per heavy atom. The van der Waals surface area contributed by atoms with Crippen molar-refractivity contribution in [2.24, 2.45) is 0 Å². The van der Waals surface area contributed by atoms with Gasteiger partial charge < -0.3 is 15.0 Å². The monoisotopic (exact) mass is 303 g/mol. The van der Waals surface area contributed by atoms with Crippen molar-refractivity contribution in [3.8, 4) is 5.75 Å². The lowest BCUT2D eigenvalue weighted by atomic mass is 10.1. The third-order valence-corrected chi connectivity index (χ3v) is 3.71. The highest BCUT2D eigenvalue weighted by Gasteiger charge is 2.34. The predicted molar refractivity (Wildman–Crippen MR) is 78.6 cm³/mol. The zero-order valence-electron chi connectivity index (χ0n) is 12.5. The van der Waals surface area contributed by atoms with Crippen molar-refractivity contribution < 1.29 is 19.1 Å². The van der Waals surface area contributed by atoms with E-state index in [1.54, 1.807) is 6.07 Å². The van der Waals surface area contributed by atoms with Crippen LogP contribution in [0.3, 0.4) is 0 Å². The number of benzene rings is 1. The molecular formula is C15H17N3O4. The maximum Gasteiger partial charge on any atom is 0.327 e. The van der Waals surface area contributed by atoms with Gasteiger partial charge in [0, 0.05) is 19.2 Å². The highest BCUT2D eigenvalue weighted by Crippen LogP contribution is 2.30. The summed E-state index contributed by atoms with van der Waals surface area (Å²) in [4.78, 5) is 37.6. The number of nitrogens with one attached hydrogen (secondary N) is 1. The average Bonchev–Trinajstić information content (AvgIpc) is 2.92. The molecule has 1 atom stereocenters. The standard InChI is InChI=1S/C15H17N3O4/c1-9-5-10-6-11(3-4-12(10)22-9)16-13(19)7-18-14(20)8-17(2)15(18)21/h3-4,6,9H,5,7-8H2,1-2H3,(H,16,19). The molecule has 1 aromatic carbocycles. The fourth-order valence-electron chi connectivity index (χ4n) is 2.67. The van der Waals surface area contributed by atoms with Crippen LogP contribution in [-0.4, -0.2) is 53.9 Å². The van der Waals surface area contributed by atoms with E-state index in [2.05, 4.69) is 5.32 Å². The number of anilines is 1. The van der Waals surface area contributed by atoms with Crippen molar-refractivity contribution >= 4 is 23.5 Å². The molecule has 2 aliphatic rings. The van der Waals surface area contributed by atoms with Gasteiger partial charge in [-0.25, -0.2) is 4.79 Å². The van der Waals surface area contributed by atoms with Gasteiger partial charge in [0.05, 0.1) is 0 Å². The minimum atomic E-state index is -0.448. The Labute approximate surface area is 127 Å². The molecule has 0 bridgehead atoms. The maximum atomic E-state index is 12.0. The lowest BCUT2D eigenvalue weighted by Crippen LogP contribution is -2.38. The number of rotatable bonds is 3. The zero-order valence-corrected chi connectivity index (χ0v) is 12.5. The summed E-state index contributed by atoms with van der Waals surface area (Å²) >= 11 is 0. The Kier molecular flexibility index (Phi) is 3.48. The summed E-state index contributed by atoms with van der Waals surface area (Å²) in [7, 11) is 1.53. The third kappa shape index (κ3) is 2.61. The predicted octanol–water partition coefficient (Wildman–Crippen LogP) is 0.842. The second-order valence-electron chi connectivity index (χ2n) is 5.62. The van der Waals surface area contributed by atoms with Crippen LogP contribution in [0.1, 0.15) is 12.5 Å². The minimum absolute atomic E-state index is 0.0141. The van der Waals surface area contributed by atoms with E-state index in [-0.39, 0.29) is 25.1 Å². The van der Waals surface area contributed by atoms with Crippen LogP contribution in [0.15, 0.2) is 18.2 Å². The van der Waals surface area contributed by atoms with Gasteiger partial charge in [-0.15, -0.1) is 0 Å². The molecular weight excluding hydrogens is 286 g/mol. The van der Waals surface area contributed by atoms with Crippen LogP contribution in [0.2, 0.25) is 0 Å². The van der Waals surface area contributed by atoms with E-state index in [0.717, 1.165) is 22.6 Å². The Balaban J connectivity index is 1.64. The number of nitrogens with zero attached hydrogens (tertiary/aromatic N) is 2. The lowest BCUT2D eigenvalue weighted by Gasteiger charge is -2.14. The van der Waals surface area contributed by atoms with Gasteiger partial charge in [0.1, 0.15) is 24.9 Å². The number of hydrogen-bond donors (Lipinski definition) is 1. The van der Waals surface area contributed by atoms with Gasteiger partial charge in [-0.05, 0) is 30.7 Å². The Morgan fingerprint density at radius 2 is 2.18 bits per heavy atom. The molecule has 1 fully saturated rings. The molecule has 0 aromatic heterocycles. The van der Waals surface area contributed by atoms with Crippen LogP contribution in [0.4, 0.5) is 10.5 Å². The maximum absolute atomic E-state index is 12.0. The number of likely N-dealkylation sites (N-methyl/N-ethyl adjacent to an activating group) is 1. The summed E-state index contributed by atoms with van der Waals surface area (Å²) in [6.45, 7) is 1.73. The molecule has 1 saturated heterocycles. The molecule has 1 N–H and O–H groups in total. The fraction of sp³-hybridized carbons (Fsp3) is 0.400. The molecule has 1 unspecified atom stereocenters. The summed E-state index contributed by atoms with van der Waals surface area (Å²) in [5.41, 5.74) is 1.67. The van der Waals surface area contributed by atoms with Crippen LogP contribution in [0.5, 0.6) is 5.75 Å². The van der Waals surface area contributed by atoms with E-state index in [4.69, 9.17) is 4.74 Å². The molecule has 0 radical (unpaired) electrons. The fourth-order valence-corrected chi connectivity index (χ4v) is 2.67. The lowest BCUT2D eigenvalue weighted by molar-refractivity contribution is -0.129. The number of urea groups is 1. The van der Waals surface area contributed by atoms with Crippen molar-refractivity contribution in [3.63, 3.8) is 0 Å². The van der Waals surface area contributed by atoms with E-state index < -0.39 is 11.9 Å². The largest absolute Gasteiger partial charge is 0.490 e. The van der Waals surface area contributed by atoms with Crippen molar-refractivity contribution in [1.82, 2.24) is 9.80 Å². The topological polar surface area (TPSA) is 79.0 Å². The normalized spacial score (nSPS) is 20.2. The number of fused-ring (bicyclic) bond motifs is 1. The molecule has 3 rings (SSSR count). The van der Waals surface area contributed by atoms with Crippen LogP contribution in [0, 0.1) is 0 Å². The van der Waals surface area contributed by atoms with E-state index in [1.165, 1.54) is 11.9 Å². The summed E-state index contributed by atoms with van der Waals surface area (Å²) in [6, 6.07) is 4.97. The van der Waals surface area contributed by atoms with E-state index in [0.29, 0.717) is 5.69 Å². The SMILES string of the molecule is CC1Cc2cc(NC(=O)CN3C(=O)CN(C)C3=O)ccc2O1. The molecule has 2 heterocycles.